The normalized spacial score (nSPS) is 20.5. The molecule has 27 heavy (non-hydrogen) atoms. The van der Waals surface area contributed by atoms with Gasteiger partial charge in [-0.25, -0.2) is 0 Å². The zero-order chi connectivity index (χ0) is 20.2. The Balaban J connectivity index is 2.11. The van der Waals surface area contributed by atoms with Gasteiger partial charge in [-0.05, 0) is 56.0 Å². The number of carbonyl (C=O) groups is 2. The number of hydrogen-bond donors (Lipinski definition) is 3. The van der Waals surface area contributed by atoms with Crippen molar-refractivity contribution in [3.8, 4) is 0 Å². The molecule has 2 unspecified atom stereocenters. The number of nitrogens with zero attached hydrogens (tertiary/aromatic N) is 2. The fourth-order valence-corrected chi connectivity index (χ4v) is 3.93. The van der Waals surface area contributed by atoms with Gasteiger partial charge >= 0.3 is 5.97 Å². The van der Waals surface area contributed by atoms with Crippen molar-refractivity contribution in [2.75, 3.05) is 19.0 Å². The third kappa shape index (κ3) is 5.17. The minimum absolute atomic E-state index is 0.119. The molecule has 0 saturated carbocycles. The van der Waals surface area contributed by atoms with Gasteiger partial charge in [0.05, 0.1) is 4.75 Å². The molecule has 1 aromatic carbocycles. The highest BCUT2D eigenvalue weighted by Gasteiger charge is 2.45. The first-order valence-electron chi connectivity index (χ1n) is 8.79. The first-order chi connectivity index (χ1) is 12.6. The maximum atomic E-state index is 13.2. The van der Waals surface area contributed by atoms with Crippen LogP contribution in [0.25, 0.3) is 0 Å². The van der Waals surface area contributed by atoms with Crippen LogP contribution < -0.4 is 4.90 Å². The van der Waals surface area contributed by atoms with E-state index in [2.05, 4.69) is 30.2 Å². The van der Waals surface area contributed by atoms with Crippen molar-refractivity contribution in [3.05, 3.63) is 35.9 Å². The fourth-order valence-electron chi connectivity index (χ4n) is 3.18. The van der Waals surface area contributed by atoms with Crippen molar-refractivity contribution in [3.63, 3.8) is 0 Å². The number of aliphatic imine (C=N–C) groups is 1. The maximum Gasteiger partial charge on any atom is 0.303 e. The summed E-state index contributed by atoms with van der Waals surface area (Å²) in [5.74, 6) is -1.11. The number of anilines is 1. The van der Waals surface area contributed by atoms with Gasteiger partial charge in [0.1, 0.15) is 5.54 Å². The second kappa shape index (κ2) is 8.52. The van der Waals surface area contributed by atoms with Crippen molar-refractivity contribution in [1.29, 1.82) is 0 Å². The molecule has 1 heterocycles. The van der Waals surface area contributed by atoms with Crippen LogP contribution in [0.2, 0.25) is 0 Å². The third-order valence-electron chi connectivity index (χ3n) is 4.79. The van der Waals surface area contributed by atoms with Gasteiger partial charge < -0.3 is 10.0 Å². The van der Waals surface area contributed by atoms with E-state index in [1.54, 1.807) is 25.3 Å². The fraction of sp³-hybridized carbons (Fsp3) is 0.450. The van der Waals surface area contributed by atoms with Crippen LogP contribution in [0.4, 0.5) is 5.69 Å². The lowest BCUT2D eigenvalue weighted by Crippen LogP contribution is -2.46. The molecular formula is C20H26N2O3S2. The van der Waals surface area contributed by atoms with Gasteiger partial charge in [-0.2, -0.15) is 12.6 Å². The molecule has 0 amide bonds. The second-order valence-corrected chi connectivity index (χ2v) is 8.74. The van der Waals surface area contributed by atoms with Crippen LogP contribution in [0.1, 0.15) is 31.7 Å². The molecule has 7 heteroatoms. The highest BCUT2D eigenvalue weighted by Crippen LogP contribution is 2.35. The average molecular weight is 407 g/mol. The summed E-state index contributed by atoms with van der Waals surface area (Å²) < 4.78 is -0.929. The van der Waals surface area contributed by atoms with Crippen molar-refractivity contribution in [2.24, 2.45) is 4.99 Å². The molecule has 0 bridgehead atoms. The molecule has 5 nitrogen and oxygen atoms in total. The number of Topliss-reactive ketones (excluding diaryl/α,β-unsaturated/α-hetero) is 1. The van der Waals surface area contributed by atoms with Crippen LogP contribution in [-0.4, -0.2) is 47.5 Å². The van der Waals surface area contributed by atoms with Crippen LogP contribution in [0, 0.1) is 0 Å². The molecule has 0 aromatic heterocycles. The molecule has 1 N–H and O–H groups in total. The number of carboxylic acid groups (broad SMARTS) is 1. The topological polar surface area (TPSA) is 70.0 Å². The smallest absolute Gasteiger partial charge is 0.303 e. The number of benzene rings is 1. The molecule has 1 aliphatic heterocycles. The van der Waals surface area contributed by atoms with Crippen molar-refractivity contribution in [1.82, 2.24) is 0 Å². The number of carboxylic acids is 1. The van der Waals surface area contributed by atoms with E-state index in [1.807, 2.05) is 37.2 Å². The quantitative estimate of drug-likeness (QED) is 0.549. The largest absolute Gasteiger partial charge is 0.481 e. The van der Waals surface area contributed by atoms with Gasteiger partial charge in [-0.1, -0.05) is 6.07 Å². The lowest BCUT2D eigenvalue weighted by Gasteiger charge is -2.32. The summed E-state index contributed by atoms with van der Waals surface area (Å²) in [5.41, 5.74) is 0.979. The zero-order valence-corrected chi connectivity index (χ0v) is 17.6. The van der Waals surface area contributed by atoms with Gasteiger partial charge in [-0.3, -0.25) is 14.6 Å². The van der Waals surface area contributed by atoms with Crippen molar-refractivity contribution < 1.29 is 14.7 Å². The Morgan fingerprint density at radius 1 is 1.33 bits per heavy atom. The molecule has 2 atom stereocenters. The molecule has 0 saturated heterocycles. The third-order valence-corrected chi connectivity index (χ3v) is 5.57. The standard InChI is InChI=1S/C20H26N2O3S2/c1-19(27,10-7-14-5-6-15(22(2)3)16(26)13-14)18(25)20(9-4-12-21-20)11-8-17(23)24/h4-6,9,12-13,26-27H,7-8,10-11H2,1-3H3,(H,23,24). The number of allylic oxidation sites excluding steroid dienone is 1. The van der Waals surface area contributed by atoms with E-state index in [-0.39, 0.29) is 18.6 Å². The number of aliphatic carboxylic acids is 1. The summed E-state index contributed by atoms with van der Waals surface area (Å²) in [4.78, 5) is 31.3. The minimum atomic E-state index is -1.13. The minimum Gasteiger partial charge on any atom is -0.481 e. The Hall–Kier alpha value is -1.73. The summed E-state index contributed by atoms with van der Waals surface area (Å²) >= 11 is 9.17. The van der Waals surface area contributed by atoms with Gasteiger partial charge in [-0.15, -0.1) is 12.6 Å². The first kappa shape index (κ1) is 21.6. The Morgan fingerprint density at radius 2 is 2.04 bits per heavy atom. The van der Waals surface area contributed by atoms with E-state index in [4.69, 9.17) is 5.11 Å². The van der Waals surface area contributed by atoms with Crippen LogP contribution in [0.3, 0.4) is 0 Å². The number of ketones is 1. The highest BCUT2D eigenvalue weighted by molar-refractivity contribution is 7.82. The maximum absolute atomic E-state index is 13.2. The second-order valence-electron chi connectivity index (χ2n) is 7.28. The molecule has 0 radical (unpaired) electrons. The van der Waals surface area contributed by atoms with Gasteiger partial charge in [0.25, 0.3) is 0 Å². The highest BCUT2D eigenvalue weighted by atomic mass is 32.1. The summed E-state index contributed by atoms with van der Waals surface area (Å²) in [6.45, 7) is 1.78. The zero-order valence-electron chi connectivity index (χ0n) is 15.8. The van der Waals surface area contributed by atoms with E-state index < -0.39 is 16.3 Å². The predicted octanol–water partition coefficient (Wildman–Crippen LogP) is 3.48. The van der Waals surface area contributed by atoms with Crippen molar-refractivity contribution >= 4 is 48.9 Å². The summed E-state index contributed by atoms with van der Waals surface area (Å²) in [6.07, 6.45) is 6.13. The first-order valence-corrected chi connectivity index (χ1v) is 9.68. The summed E-state index contributed by atoms with van der Waals surface area (Å²) in [5, 5.41) is 9.00. The van der Waals surface area contributed by atoms with Crippen LogP contribution in [0.15, 0.2) is 40.2 Å². The number of aryl methyl sites for hydroxylation is 1. The number of rotatable bonds is 9. The lowest BCUT2D eigenvalue weighted by molar-refractivity contribution is -0.137. The van der Waals surface area contributed by atoms with Crippen molar-refractivity contribution in [2.45, 2.75) is 47.8 Å². The van der Waals surface area contributed by atoms with E-state index in [0.717, 1.165) is 16.1 Å². The molecule has 0 spiro atoms. The monoisotopic (exact) mass is 406 g/mol. The Kier molecular flexibility index (Phi) is 6.81. The predicted molar refractivity (Wildman–Crippen MR) is 116 cm³/mol. The van der Waals surface area contributed by atoms with E-state index >= 15 is 0 Å². The van der Waals surface area contributed by atoms with Gasteiger partial charge in [0, 0.05) is 37.3 Å². The summed E-state index contributed by atoms with van der Waals surface area (Å²) in [7, 11) is 3.93. The molecular weight excluding hydrogens is 380 g/mol. The SMILES string of the molecule is CN(C)c1ccc(CCC(C)(S)C(=O)C2(CCC(=O)O)C=CC=N2)cc1S. The number of thiol groups is 2. The van der Waals surface area contributed by atoms with E-state index in [9.17, 15) is 9.59 Å². The average Bonchev–Trinajstić information content (AvgIpc) is 3.07. The molecule has 1 aliphatic rings. The summed E-state index contributed by atoms with van der Waals surface area (Å²) in [6, 6.07) is 6.03. The number of hydrogen-bond acceptors (Lipinski definition) is 6. The molecule has 2 rings (SSSR count). The lowest BCUT2D eigenvalue weighted by atomic mass is 9.81. The molecule has 0 fully saturated rings. The van der Waals surface area contributed by atoms with Gasteiger partial charge in [0.15, 0.2) is 5.78 Å². The number of carbonyl (C=O) groups excluding carboxylic acids is 1. The molecule has 146 valence electrons. The van der Waals surface area contributed by atoms with Crippen LogP contribution >= 0.6 is 25.3 Å². The van der Waals surface area contributed by atoms with Crippen LogP contribution in [-0.2, 0) is 16.0 Å². The Bertz CT molecular complexity index is 773. The molecule has 1 aromatic rings. The van der Waals surface area contributed by atoms with Crippen LogP contribution in [0.5, 0.6) is 0 Å². The molecule has 0 aliphatic carbocycles. The van der Waals surface area contributed by atoms with E-state index in [0.29, 0.717) is 12.8 Å². The Labute approximate surface area is 171 Å². The van der Waals surface area contributed by atoms with Gasteiger partial charge in [0.2, 0.25) is 0 Å². The van der Waals surface area contributed by atoms with E-state index in [1.165, 1.54) is 0 Å². The Morgan fingerprint density at radius 3 is 2.56 bits per heavy atom.